The molecule has 0 bridgehead atoms. The van der Waals surface area contributed by atoms with Crippen molar-refractivity contribution in [3.8, 4) is 0 Å². The summed E-state index contributed by atoms with van der Waals surface area (Å²) in [5.41, 5.74) is -2.07. The second-order valence-corrected chi connectivity index (χ2v) is 8.78. The minimum absolute atomic E-state index is 0.0402. The van der Waals surface area contributed by atoms with Gasteiger partial charge in [-0.2, -0.15) is 0 Å². The van der Waals surface area contributed by atoms with E-state index >= 15 is 0 Å². The Balaban J connectivity index is 2.04. The second-order valence-electron chi connectivity index (χ2n) is 8.78. The summed E-state index contributed by atoms with van der Waals surface area (Å²) in [6.07, 6.45) is 1.47. The van der Waals surface area contributed by atoms with Crippen LogP contribution >= 0.6 is 0 Å². The predicted molar refractivity (Wildman–Crippen MR) is 107 cm³/mol. The molecule has 172 valence electrons. The zero-order valence-electron chi connectivity index (χ0n) is 17.9. The van der Waals surface area contributed by atoms with E-state index in [0.717, 1.165) is 32.1 Å². The maximum atomic E-state index is 12.8. The third-order valence-electron chi connectivity index (χ3n) is 6.00. The standard InChI is InChI=1S/C20H35N3O7/c1-11(2)15(17(26)30-3)23-18(27)20(29)9-13(16(25)14(24)10-20)22-19(28)21-12-7-5-4-6-8-12/h11-16,24-25,29H,4-10H2,1-3H3,(H,23,27)(H2,21,22,28). The summed E-state index contributed by atoms with van der Waals surface area (Å²) >= 11 is 0. The number of amides is 3. The zero-order chi connectivity index (χ0) is 22.5. The molecule has 3 amide bonds. The molecule has 0 saturated heterocycles. The van der Waals surface area contributed by atoms with Gasteiger partial charge in [-0.3, -0.25) is 4.79 Å². The third kappa shape index (κ3) is 6.05. The van der Waals surface area contributed by atoms with Gasteiger partial charge in [-0.1, -0.05) is 33.1 Å². The number of hydrogen-bond donors (Lipinski definition) is 6. The molecule has 2 aliphatic rings. The van der Waals surface area contributed by atoms with Crippen molar-refractivity contribution in [1.29, 1.82) is 0 Å². The Labute approximate surface area is 176 Å². The van der Waals surface area contributed by atoms with E-state index < -0.39 is 54.2 Å². The fourth-order valence-corrected chi connectivity index (χ4v) is 4.17. The highest BCUT2D eigenvalue weighted by atomic mass is 16.5. The van der Waals surface area contributed by atoms with Crippen molar-refractivity contribution in [2.75, 3.05) is 7.11 Å². The Hall–Kier alpha value is -1.91. The molecule has 2 saturated carbocycles. The lowest BCUT2D eigenvalue weighted by atomic mass is 9.77. The minimum atomic E-state index is -2.07. The Morgan fingerprint density at radius 1 is 1.03 bits per heavy atom. The number of aliphatic hydroxyl groups excluding tert-OH is 2. The molecule has 2 rings (SSSR count). The lowest BCUT2D eigenvalue weighted by Gasteiger charge is -2.42. The van der Waals surface area contributed by atoms with Gasteiger partial charge in [0.25, 0.3) is 5.91 Å². The van der Waals surface area contributed by atoms with E-state index in [1.807, 2.05) is 0 Å². The highest BCUT2D eigenvalue weighted by Crippen LogP contribution is 2.30. The maximum absolute atomic E-state index is 12.8. The molecule has 10 heteroatoms. The fraction of sp³-hybridized carbons (Fsp3) is 0.850. The van der Waals surface area contributed by atoms with Crippen molar-refractivity contribution >= 4 is 17.9 Å². The highest BCUT2D eigenvalue weighted by Gasteiger charge is 2.50. The van der Waals surface area contributed by atoms with E-state index in [-0.39, 0.29) is 18.4 Å². The van der Waals surface area contributed by atoms with E-state index in [1.165, 1.54) is 7.11 Å². The maximum Gasteiger partial charge on any atom is 0.328 e. The summed E-state index contributed by atoms with van der Waals surface area (Å²) in [5.74, 6) is -1.81. The molecule has 0 aromatic carbocycles. The number of carbonyl (C=O) groups is 3. The molecular weight excluding hydrogens is 394 g/mol. The first-order valence-electron chi connectivity index (χ1n) is 10.6. The lowest BCUT2D eigenvalue weighted by molar-refractivity contribution is -0.161. The van der Waals surface area contributed by atoms with Crippen LogP contribution in [-0.4, -0.2) is 76.3 Å². The van der Waals surface area contributed by atoms with Crippen LogP contribution in [0.2, 0.25) is 0 Å². The quantitative estimate of drug-likeness (QED) is 0.312. The van der Waals surface area contributed by atoms with Crippen LogP contribution in [0.25, 0.3) is 0 Å². The molecule has 2 aliphatic carbocycles. The van der Waals surface area contributed by atoms with Gasteiger partial charge in [0.15, 0.2) is 0 Å². The van der Waals surface area contributed by atoms with E-state index in [9.17, 15) is 29.7 Å². The summed E-state index contributed by atoms with van der Waals surface area (Å²) in [6, 6.07) is -2.49. The van der Waals surface area contributed by atoms with Crippen molar-refractivity contribution in [2.24, 2.45) is 5.92 Å². The van der Waals surface area contributed by atoms with Crippen molar-refractivity contribution < 1.29 is 34.4 Å². The highest BCUT2D eigenvalue weighted by molar-refractivity contribution is 5.90. The molecular formula is C20H35N3O7. The molecule has 0 aromatic rings. The average Bonchev–Trinajstić information content (AvgIpc) is 2.69. The zero-order valence-corrected chi connectivity index (χ0v) is 17.9. The molecule has 30 heavy (non-hydrogen) atoms. The van der Waals surface area contributed by atoms with E-state index in [0.29, 0.717) is 0 Å². The topological polar surface area (TPSA) is 157 Å². The van der Waals surface area contributed by atoms with Gasteiger partial charge in [-0.05, 0) is 18.8 Å². The number of carbonyl (C=O) groups excluding carboxylic acids is 3. The number of aliphatic hydroxyl groups is 3. The van der Waals surface area contributed by atoms with Gasteiger partial charge in [0.1, 0.15) is 17.7 Å². The van der Waals surface area contributed by atoms with Crippen LogP contribution in [0.15, 0.2) is 0 Å². The molecule has 0 spiro atoms. The van der Waals surface area contributed by atoms with Gasteiger partial charge < -0.3 is 36.0 Å². The molecule has 10 nitrogen and oxygen atoms in total. The minimum Gasteiger partial charge on any atom is -0.467 e. The number of nitrogens with one attached hydrogen (secondary N) is 3. The molecule has 0 aliphatic heterocycles. The summed E-state index contributed by atoms with van der Waals surface area (Å²) < 4.78 is 4.69. The number of ether oxygens (including phenoxy) is 1. The van der Waals surface area contributed by atoms with Gasteiger partial charge >= 0.3 is 12.0 Å². The van der Waals surface area contributed by atoms with Crippen LogP contribution in [0.3, 0.4) is 0 Å². The first-order valence-corrected chi connectivity index (χ1v) is 10.6. The number of rotatable bonds is 6. The van der Waals surface area contributed by atoms with Crippen molar-refractivity contribution in [3.05, 3.63) is 0 Å². The monoisotopic (exact) mass is 429 g/mol. The van der Waals surface area contributed by atoms with Crippen LogP contribution < -0.4 is 16.0 Å². The van der Waals surface area contributed by atoms with Gasteiger partial charge in [0, 0.05) is 18.9 Å². The predicted octanol–water partition coefficient (Wildman–Crippen LogP) is -0.453. The number of esters is 1. The number of methoxy groups -OCH3 is 1. The Morgan fingerprint density at radius 2 is 1.67 bits per heavy atom. The number of hydrogen-bond acceptors (Lipinski definition) is 7. The van der Waals surface area contributed by atoms with Gasteiger partial charge in [-0.25, -0.2) is 9.59 Å². The van der Waals surface area contributed by atoms with Crippen molar-refractivity contribution in [2.45, 2.75) is 94.7 Å². The molecule has 6 N–H and O–H groups in total. The first kappa shape index (κ1) is 24.4. The molecule has 5 atom stereocenters. The van der Waals surface area contributed by atoms with E-state index in [1.54, 1.807) is 13.8 Å². The summed E-state index contributed by atoms with van der Waals surface area (Å²) in [5, 5.41) is 39.3. The summed E-state index contributed by atoms with van der Waals surface area (Å²) in [4.78, 5) is 37.0. The van der Waals surface area contributed by atoms with Crippen molar-refractivity contribution in [1.82, 2.24) is 16.0 Å². The van der Waals surface area contributed by atoms with Gasteiger partial charge in [-0.15, -0.1) is 0 Å². The molecule has 0 radical (unpaired) electrons. The van der Waals surface area contributed by atoms with Crippen molar-refractivity contribution in [3.63, 3.8) is 0 Å². The van der Waals surface area contributed by atoms with E-state index in [2.05, 4.69) is 20.7 Å². The van der Waals surface area contributed by atoms with Crippen LogP contribution in [0.4, 0.5) is 4.79 Å². The SMILES string of the molecule is COC(=O)C(NC(=O)C1(O)CC(O)C(O)C(NC(=O)NC2CCCCC2)C1)C(C)C. The molecule has 2 fully saturated rings. The Morgan fingerprint density at radius 3 is 2.23 bits per heavy atom. The molecule has 5 unspecified atom stereocenters. The van der Waals surface area contributed by atoms with Crippen LogP contribution in [0.1, 0.15) is 58.8 Å². The normalized spacial score (nSPS) is 31.0. The number of urea groups is 1. The molecule has 0 heterocycles. The first-order chi connectivity index (χ1) is 14.1. The van der Waals surface area contributed by atoms with Crippen LogP contribution in [0.5, 0.6) is 0 Å². The molecule has 0 aromatic heterocycles. The van der Waals surface area contributed by atoms with Crippen LogP contribution in [0, 0.1) is 5.92 Å². The van der Waals surface area contributed by atoms with Crippen LogP contribution in [-0.2, 0) is 14.3 Å². The van der Waals surface area contributed by atoms with Gasteiger partial charge in [0.2, 0.25) is 0 Å². The Kier molecular flexibility index (Phi) is 8.45. The van der Waals surface area contributed by atoms with Gasteiger partial charge in [0.05, 0.1) is 19.3 Å². The largest absolute Gasteiger partial charge is 0.467 e. The smallest absolute Gasteiger partial charge is 0.328 e. The average molecular weight is 430 g/mol. The summed E-state index contributed by atoms with van der Waals surface area (Å²) in [7, 11) is 1.20. The Bertz CT molecular complexity index is 624. The fourth-order valence-electron chi connectivity index (χ4n) is 4.17. The summed E-state index contributed by atoms with van der Waals surface area (Å²) in [6.45, 7) is 3.43. The second kappa shape index (κ2) is 10.4. The third-order valence-corrected chi connectivity index (χ3v) is 6.00. The van der Waals surface area contributed by atoms with E-state index in [4.69, 9.17) is 0 Å². The lowest BCUT2D eigenvalue weighted by Crippen LogP contribution is -2.65.